The second kappa shape index (κ2) is 3.42. The number of aldehydes is 1. The largest absolute Gasteiger partial charge is 0.303 e. The average Bonchev–Trinajstić information content (AvgIpc) is 2.36. The SMILES string of the molecule is C=C1CCCC1CC(C)(C)C=O. The summed E-state index contributed by atoms with van der Waals surface area (Å²) in [5, 5.41) is 0. The molecule has 1 atom stereocenters. The first-order valence-electron chi connectivity index (χ1n) is 4.69. The minimum Gasteiger partial charge on any atom is -0.303 e. The van der Waals surface area contributed by atoms with E-state index in [2.05, 4.69) is 6.58 Å². The third-order valence-corrected chi connectivity index (χ3v) is 2.72. The van der Waals surface area contributed by atoms with Gasteiger partial charge in [-0.05, 0) is 31.6 Å². The van der Waals surface area contributed by atoms with E-state index < -0.39 is 0 Å². The van der Waals surface area contributed by atoms with Crippen LogP contribution in [0.25, 0.3) is 0 Å². The molecule has 1 fully saturated rings. The monoisotopic (exact) mass is 166 g/mol. The lowest BCUT2D eigenvalue weighted by Crippen LogP contribution is -2.17. The van der Waals surface area contributed by atoms with E-state index in [0.29, 0.717) is 5.92 Å². The molecule has 0 bridgehead atoms. The molecule has 1 heteroatoms. The molecule has 68 valence electrons. The molecule has 12 heavy (non-hydrogen) atoms. The van der Waals surface area contributed by atoms with Gasteiger partial charge in [0, 0.05) is 5.41 Å². The summed E-state index contributed by atoms with van der Waals surface area (Å²) in [6, 6.07) is 0. The van der Waals surface area contributed by atoms with Gasteiger partial charge in [0.15, 0.2) is 0 Å². The van der Waals surface area contributed by atoms with Crippen LogP contribution in [0.3, 0.4) is 0 Å². The zero-order chi connectivity index (χ0) is 9.19. The Morgan fingerprint density at radius 2 is 2.33 bits per heavy atom. The molecule has 0 heterocycles. The molecule has 0 aliphatic heterocycles. The molecule has 1 saturated carbocycles. The van der Waals surface area contributed by atoms with Crippen molar-refractivity contribution in [1.82, 2.24) is 0 Å². The van der Waals surface area contributed by atoms with Crippen LogP contribution in [0.15, 0.2) is 12.2 Å². The Balaban J connectivity index is 2.50. The van der Waals surface area contributed by atoms with E-state index in [-0.39, 0.29) is 5.41 Å². The Morgan fingerprint density at radius 3 is 2.75 bits per heavy atom. The minimum atomic E-state index is -0.155. The summed E-state index contributed by atoms with van der Waals surface area (Å²) in [4.78, 5) is 10.7. The zero-order valence-electron chi connectivity index (χ0n) is 8.10. The predicted molar refractivity (Wildman–Crippen MR) is 50.9 cm³/mol. The molecule has 0 radical (unpaired) electrons. The lowest BCUT2D eigenvalue weighted by atomic mass is 9.82. The summed E-state index contributed by atoms with van der Waals surface area (Å²) in [5.74, 6) is 0.602. The van der Waals surface area contributed by atoms with Gasteiger partial charge in [-0.2, -0.15) is 0 Å². The first kappa shape index (κ1) is 9.50. The zero-order valence-corrected chi connectivity index (χ0v) is 8.10. The Kier molecular flexibility index (Phi) is 2.71. The van der Waals surface area contributed by atoms with E-state index in [9.17, 15) is 4.79 Å². The number of hydrogen-bond donors (Lipinski definition) is 0. The maximum absolute atomic E-state index is 10.7. The fourth-order valence-corrected chi connectivity index (χ4v) is 1.91. The van der Waals surface area contributed by atoms with Crippen molar-refractivity contribution < 1.29 is 4.79 Å². The van der Waals surface area contributed by atoms with Gasteiger partial charge < -0.3 is 4.79 Å². The van der Waals surface area contributed by atoms with Crippen LogP contribution >= 0.6 is 0 Å². The molecule has 0 aromatic carbocycles. The molecular weight excluding hydrogens is 148 g/mol. The Bertz CT molecular complexity index is 191. The minimum absolute atomic E-state index is 0.155. The van der Waals surface area contributed by atoms with Gasteiger partial charge in [-0.15, -0.1) is 0 Å². The number of rotatable bonds is 3. The van der Waals surface area contributed by atoms with Gasteiger partial charge in [0.25, 0.3) is 0 Å². The summed E-state index contributed by atoms with van der Waals surface area (Å²) in [6.45, 7) is 8.05. The maximum Gasteiger partial charge on any atom is 0.125 e. The summed E-state index contributed by atoms with van der Waals surface area (Å²) in [6.07, 6.45) is 5.71. The van der Waals surface area contributed by atoms with Crippen LogP contribution in [0, 0.1) is 11.3 Å². The third-order valence-electron chi connectivity index (χ3n) is 2.72. The van der Waals surface area contributed by atoms with Gasteiger partial charge in [-0.25, -0.2) is 0 Å². The normalized spacial score (nSPS) is 24.5. The number of carbonyl (C=O) groups is 1. The van der Waals surface area contributed by atoms with Gasteiger partial charge in [-0.1, -0.05) is 26.0 Å². The number of hydrogen-bond acceptors (Lipinski definition) is 1. The molecule has 0 aromatic heterocycles. The predicted octanol–water partition coefficient (Wildman–Crippen LogP) is 2.96. The molecule has 1 unspecified atom stereocenters. The molecule has 0 amide bonds. The summed E-state index contributed by atoms with van der Waals surface area (Å²) >= 11 is 0. The summed E-state index contributed by atoms with van der Waals surface area (Å²) < 4.78 is 0. The van der Waals surface area contributed by atoms with Gasteiger partial charge in [0.05, 0.1) is 0 Å². The maximum atomic E-state index is 10.7. The van der Waals surface area contributed by atoms with E-state index in [0.717, 1.165) is 12.7 Å². The van der Waals surface area contributed by atoms with E-state index in [1.54, 1.807) is 0 Å². The molecule has 1 aliphatic rings. The van der Waals surface area contributed by atoms with Crippen LogP contribution in [0.4, 0.5) is 0 Å². The highest BCUT2D eigenvalue weighted by atomic mass is 16.1. The summed E-state index contributed by atoms with van der Waals surface area (Å²) in [7, 11) is 0. The van der Waals surface area contributed by atoms with Gasteiger partial charge >= 0.3 is 0 Å². The fourth-order valence-electron chi connectivity index (χ4n) is 1.91. The quantitative estimate of drug-likeness (QED) is 0.465. The highest BCUT2D eigenvalue weighted by Crippen LogP contribution is 2.37. The van der Waals surface area contributed by atoms with Crippen LogP contribution in [-0.2, 0) is 4.79 Å². The average molecular weight is 166 g/mol. The van der Waals surface area contributed by atoms with Crippen molar-refractivity contribution in [3.63, 3.8) is 0 Å². The topological polar surface area (TPSA) is 17.1 Å². The summed E-state index contributed by atoms with van der Waals surface area (Å²) in [5.41, 5.74) is 1.20. The highest BCUT2D eigenvalue weighted by molar-refractivity contribution is 5.57. The van der Waals surface area contributed by atoms with Crippen molar-refractivity contribution in [3.8, 4) is 0 Å². The first-order chi connectivity index (χ1) is 5.55. The fraction of sp³-hybridized carbons (Fsp3) is 0.727. The second-order valence-electron chi connectivity index (χ2n) is 4.56. The van der Waals surface area contributed by atoms with Gasteiger partial charge in [0.1, 0.15) is 6.29 Å². The molecule has 1 nitrogen and oxygen atoms in total. The molecular formula is C11H18O. The molecule has 1 aliphatic carbocycles. The lowest BCUT2D eigenvalue weighted by molar-refractivity contribution is -0.115. The van der Waals surface area contributed by atoms with Crippen molar-refractivity contribution in [3.05, 3.63) is 12.2 Å². The Morgan fingerprint density at radius 1 is 1.67 bits per heavy atom. The van der Waals surface area contributed by atoms with Crippen LogP contribution in [0.1, 0.15) is 39.5 Å². The second-order valence-corrected chi connectivity index (χ2v) is 4.56. The molecule has 0 spiro atoms. The lowest BCUT2D eigenvalue weighted by Gasteiger charge is -2.21. The molecule has 0 N–H and O–H groups in total. The van der Waals surface area contributed by atoms with Crippen LogP contribution in [0.2, 0.25) is 0 Å². The van der Waals surface area contributed by atoms with Crippen LogP contribution < -0.4 is 0 Å². The highest BCUT2D eigenvalue weighted by Gasteiger charge is 2.27. The standard InChI is InChI=1S/C11H18O/c1-9-5-4-6-10(9)7-11(2,3)8-12/h8,10H,1,4-7H2,2-3H3. The third kappa shape index (κ3) is 2.20. The van der Waals surface area contributed by atoms with E-state index in [4.69, 9.17) is 0 Å². The van der Waals surface area contributed by atoms with Crippen molar-refractivity contribution in [1.29, 1.82) is 0 Å². The van der Waals surface area contributed by atoms with Crippen molar-refractivity contribution in [2.45, 2.75) is 39.5 Å². The first-order valence-corrected chi connectivity index (χ1v) is 4.69. The Hall–Kier alpha value is -0.590. The van der Waals surface area contributed by atoms with Crippen LogP contribution in [0.5, 0.6) is 0 Å². The van der Waals surface area contributed by atoms with Crippen molar-refractivity contribution in [2.24, 2.45) is 11.3 Å². The molecule has 1 rings (SSSR count). The van der Waals surface area contributed by atoms with E-state index in [1.165, 1.54) is 24.8 Å². The van der Waals surface area contributed by atoms with Crippen molar-refractivity contribution in [2.75, 3.05) is 0 Å². The van der Waals surface area contributed by atoms with Gasteiger partial charge in [0.2, 0.25) is 0 Å². The smallest absolute Gasteiger partial charge is 0.125 e. The van der Waals surface area contributed by atoms with E-state index in [1.807, 2.05) is 13.8 Å². The number of carbonyl (C=O) groups excluding carboxylic acids is 1. The van der Waals surface area contributed by atoms with Gasteiger partial charge in [-0.3, -0.25) is 0 Å². The molecule has 0 aromatic rings. The van der Waals surface area contributed by atoms with Crippen molar-refractivity contribution >= 4 is 6.29 Å². The Labute approximate surface area is 74.9 Å². The number of allylic oxidation sites excluding steroid dienone is 1. The van der Waals surface area contributed by atoms with Crippen LogP contribution in [-0.4, -0.2) is 6.29 Å². The molecule has 0 saturated heterocycles. The van der Waals surface area contributed by atoms with E-state index >= 15 is 0 Å².